The first-order valence-electron chi connectivity index (χ1n) is 9.44. The number of para-hydroxylation sites is 1. The minimum atomic E-state index is -0.575. The van der Waals surface area contributed by atoms with Gasteiger partial charge in [0.15, 0.2) is 16.2 Å². The highest BCUT2D eigenvalue weighted by molar-refractivity contribution is 8.26. The highest BCUT2D eigenvalue weighted by Gasteiger charge is 2.34. The number of aromatic hydroxyl groups is 1. The Kier molecular flexibility index (Phi) is 7.09. The summed E-state index contributed by atoms with van der Waals surface area (Å²) in [6, 6.07) is 12.7. The van der Waals surface area contributed by atoms with Crippen molar-refractivity contribution in [1.29, 1.82) is 0 Å². The molecule has 0 radical (unpaired) electrons. The lowest BCUT2D eigenvalue weighted by molar-refractivity contribution is -0.124. The molecule has 0 saturated carbocycles. The number of nitrogens with zero attached hydrogens (tertiary/aromatic N) is 1. The number of nitrogens with one attached hydrogen (secondary N) is 1. The van der Waals surface area contributed by atoms with Gasteiger partial charge in [-0.1, -0.05) is 36.9 Å². The molecular weight excluding hydrogens is 436 g/mol. The van der Waals surface area contributed by atoms with E-state index < -0.39 is 17.9 Å². The predicted molar refractivity (Wildman–Crippen MR) is 122 cm³/mol. The molecule has 2 aromatic rings. The number of hydrazine groups is 1. The molecule has 0 bridgehead atoms. The average molecular weight is 457 g/mol. The van der Waals surface area contributed by atoms with Gasteiger partial charge in [-0.05, 0) is 62.0 Å². The van der Waals surface area contributed by atoms with Crippen LogP contribution in [0, 0.1) is 0 Å². The van der Waals surface area contributed by atoms with Crippen molar-refractivity contribution in [2.45, 2.75) is 26.4 Å². The van der Waals surface area contributed by atoms with Gasteiger partial charge in [0, 0.05) is 11.1 Å². The van der Waals surface area contributed by atoms with Crippen molar-refractivity contribution >= 4 is 52.0 Å². The Morgan fingerprint density at radius 3 is 2.55 bits per heavy atom. The van der Waals surface area contributed by atoms with Crippen molar-refractivity contribution in [1.82, 2.24) is 10.4 Å². The maximum Gasteiger partial charge on any atom is 0.285 e. The van der Waals surface area contributed by atoms with Gasteiger partial charge in [0.05, 0.1) is 4.91 Å². The number of phenols is 1. The molecule has 7 nitrogen and oxygen atoms in total. The molecule has 9 heteroatoms. The smallest absolute Gasteiger partial charge is 0.285 e. The molecule has 1 fully saturated rings. The van der Waals surface area contributed by atoms with Crippen LogP contribution in [0.4, 0.5) is 0 Å². The van der Waals surface area contributed by atoms with Crippen LogP contribution in [0.5, 0.6) is 11.5 Å². The number of thioether (sulfide) groups is 1. The van der Waals surface area contributed by atoms with E-state index in [9.17, 15) is 19.5 Å². The Balaban J connectivity index is 1.80. The Labute approximate surface area is 189 Å². The van der Waals surface area contributed by atoms with E-state index in [2.05, 4.69) is 5.43 Å². The molecule has 1 unspecified atom stereocenters. The number of Topliss-reactive ketones (excluding diaryl/α,β-unsaturated/α-hetero) is 1. The topological polar surface area (TPSA) is 95.9 Å². The molecule has 0 aromatic heterocycles. The number of carbonyl (C=O) groups excluding carboxylic acids is 3. The third kappa shape index (κ3) is 5.31. The van der Waals surface area contributed by atoms with Crippen molar-refractivity contribution in [2.24, 2.45) is 0 Å². The van der Waals surface area contributed by atoms with Crippen molar-refractivity contribution in [3.05, 3.63) is 64.6 Å². The van der Waals surface area contributed by atoms with E-state index in [0.29, 0.717) is 22.6 Å². The molecule has 3 rings (SSSR count). The van der Waals surface area contributed by atoms with Crippen molar-refractivity contribution < 1.29 is 24.2 Å². The van der Waals surface area contributed by atoms with Gasteiger partial charge in [-0.3, -0.25) is 19.8 Å². The second-order valence-corrected chi connectivity index (χ2v) is 8.34. The standard InChI is InChI=1S/C22H20N2O5S2/c1-3-17(13(2)25)29-18-7-5-4-6-15(18)12-19-21(28)24(22(30)31-19)23-20(27)14-8-10-16(26)11-9-14/h4-12,17,26H,3H2,1-2H3,(H,23,27)/b19-12-. The fourth-order valence-electron chi connectivity index (χ4n) is 2.80. The quantitative estimate of drug-likeness (QED) is 0.485. The highest BCUT2D eigenvalue weighted by atomic mass is 32.2. The summed E-state index contributed by atoms with van der Waals surface area (Å²) in [7, 11) is 0. The third-order valence-electron chi connectivity index (χ3n) is 4.44. The largest absolute Gasteiger partial charge is 0.508 e. The van der Waals surface area contributed by atoms with E-state index >= 15 is 0 Å². The van der Waals surface area contributed by atoms with Gasteiger partial charge in [-0.25, -0.2) is 0 Å². The summed E-state index contributed by atoms with van der Waals surface area (Å²) in [6.45, 7) is 3.33. The van der Waals surface area contributed by atoms with Crippen LogP contribution in [0.2, 0.25) is 0 Å². The van der Waals surface area contributed by atoms with E-state index in [1.165, 1.54) is 31.2 Å². The summed E-state index contributed by atoms with van der Waals surface area (Å²) in [4.78, 5) is 37.3. The zero-order chi connectivity index (χ0) is 22.5. The van der Waals surface area contributed by atoms with E-state index in [0.717, 1.165) is 16.8 Å². The number of rotatable bonds is 7. The lowest BCUT2D eigenvalue weighted by Crippen LogP contribution is -2.44. The van der Waals surface area contributed by atoms with Gasteiger partial charge in [0.1, 0.15) is 11.5 Å². The van der Waals surface area contributed by atoms with Crippen LogP contribution in [-0.4, -0.2) is 38.1 Å². The molecule has 0 spiro atoms. The van der Waals surface area contributed by atoms with Gasteiger partial charge < -0.3 is 9.84 Å². The molecular formula is C22H20N2O5S2. The van der Waals surface area contributed by atoms with Crippen molar-refractivity contribution in [3.8, 4) is 11.5 Å². The third-order valence-corrected chi connectivity index (χ3v) is 5.74. The number of ketones is 1. The monoisotopic (exact) mass is 456 g/mol. The maximum atomic E-state index is 12.8. The lowest BCUT2D eigenvalue weighted by Gasteiger charge is -2.16. The fourth-order valence-corrected chi connectivity index (χ4v) is 3.97. The molecule has 2 amide bonds. The first kappa shape index (κ1) is 22.5. The van der Waals surface area contributed by atoms with Crippen molar-refractivity contribution in [3.63, 3.8) is 0 Å². The number of hydrogen-bond donors (Lipinski definition) is 2. The Morgan fingerprint density at radius 1 is 1.23 bits per heavy atom. The highest BCUT2D eigenvalue weighted by Crippen LogP contribution is 2.33. The molecule has 1 aliphatic rings. The molecule has 1 saturated heterocycles. The Morgan fingerprint density at radius 2 is 1.90 bits per heavy atom. The van der Waals surface area contributed by atoms with E-state index in [1.54, 1.807) is 30.3 Å². The molecule has 1 atom stereocenters. The predicted octanol–water partition coefficient (Wildman–Crippen LogP) is 3.68. The molecule has 2 aromatic carbocycles. The number of ether oxygens (including phenoxy) is 1. The summed E-state index contributed by atoms with van der Waals surface area (Å²) in [5.74, 6) is -0.589. The van der Waals surface area contributed by atoms with Crippen LogP contribution < -0.4 is 10.2 Å². The zero-order valence-corrected chi connectivity index (χ0v) is 18.5. The molecule has 160 valence electrons. The van der Waals surface area contributed by atoms with Crippen LogP contribution in [0.15, 0.2) is 53.4 Å². The average Bonchev–Trinajstić information content (AvgIpc) is 3.00. The van der Waals surface area contributed by atoms with E-state index in [-0.39, 0.29) is 21.4 Å². The minimum Gasteiger partial charge on any atom is -0.508 e. The zero-order valence-electron chi connectivity index (χ0n) is 16.8. The molecule has 0 aliphatic carbocycles. The SMILES string of the molecule is CCC(Oc1ccccc1/C=C1\SC(=S)N(NC(=O)c2ccc(O)cc2)C1=O)C(C)=O. The number of carbonyl (C=O) groups is 3. The molecule has 31 heavy (non-hydrogen) atoms. The van der Waals surface area contributed by atoms with E-state index in [4.69, 9.17) is 17.0 Å². The first-order chi connectivity index (χ1) is 14.8. The number of hydrogen-bond acceptors (Lipinski definition) is 7. The Bertz CT molecular complexity index is 1070. The summed E-state index contributed by atoms with van der Waals surface area (Å²) in [5, 5.41) is 10.4. The normalized spacial score (nSPS) is 15.8. The summed E-state index contributed by atoms with van der Waals surface area (Å²) >= 11 is 6.30. The second kappa shape index (κ2) is 9.76. The van der Waals surface area contributed by atoms with Crippen LogP contribution in [0.1, 0.15) is 36.2 Å². The van der Waals surface area contributed by atoms with Crippen LogP contribution in [0.25, 0.3) is 6.08 Å². The van der Waals surface area contributed by atoms with Crippen LogP contribution in [-0.2, 0) is 9.59 Å². The molecule has 1 heterocycles. The van der Waals surface area contributed by atoms with Gasteiger partial charge in [0.2, 0.25) is 0 Å². The van der Waals surface area contributed by atoms with E-state index in [1.807, 2.05) is 6.92 Å². The minimum absolute atomic E-state index is 0.0288. The summed E-state index contributed by atoms with van der Waals surface area (Å²) < 4.78 is 6.01. The van der Waals surface area contributed by atoms with Crippen molar-refractivity contribution in [2.75, 3.05) is 0 Å². The number of phenolic OH excluding ortho intramolecular Hbond substituents is 1. The fraction of sp³-hybridized carbons (Fsp3) is 0.182. The number of thiocarbonyl (C=S) groups is 1. The second-order valence-electron chi connectivity index (χ2n) is 6.67. The summed E-state index contributed by atoms with van der Waals surface area (Å²) in [6.07, 6.45) is 1.57. The molecule has 1 aliphatic heterocycles. The van der Waals surface area contributed by atoms with Crippen LogP contribution in [0.3, 0.4) is 0 Å². The van der Waals surface area contributed by atoms with Gasteiger partial charge in [0.25, 0.3) is 11.8 Å². The number of amides is 2. The van der Waals surface area contributed by atoms with Gasteiger partial charge in [-0.15, -0.1) is 0 Å². The van der Waals surface area contributed by atoms with Gasteiger partial charge >= 0.3 is 0 Å². The maximum absolute atomic E-state index is 12.8. The number of benzene rings is 2. The Hall–Kier alpha value is -3.17. The van der Waals surface area contributed by atoms with Gasteiger partial charge in [-0.2, -0.15) is 5.01 Å². The first-order valence-corrected chi connectivity index (χ1v) is 10.7. The lowest BCUT2D eigenvalue weighted by atomic mass is 10.1. The van der Waals surface area contributed by atoms with Crippen LogP contribution >= 0.6 is 24.0 Å². The molecule has 2 N–H and O–H groups in total. The summed E-state index contributed by atoms with van der Waals surface area (Å²) in [5.41, 5.74) is 3.37.